The molecule has 41 heavy (non-hydrogen) atoms. The number of fused-ring (bicyclic) bond motifs is 3. The average Bonchev–Trinajstić information content (AvgIpc) is 3.65. The van der Waals surface area contributed by atoms with E-state index in [1.54, 1.807) is 23.1 Å². The van der Waals surface area contributed by atoms with Gasteiger partial charge in [-0.3, -0.25) is 14.5 Å². The second-order valence-corrected chi connectivity index (χ2v) is 11.4. The van der Waals surface area contributed by atoms with Crippen molar-refractivity contribution in [3.05, 3.63) is 34.9 Å². The highest BCUT2D eigenvalue weighted by atomic mass is 16.5. The van der Waals surface area contributed by atoms with Gasteiger partial charge in [0.2, 0.25) is 11.8 Å². The first-order valence-corrected chi connectivity index (χ1v) is 14.8. The Bertz CT molecular complexity index is 1120. The first-order chi connectivity index (χ1) is 19.9. The van der Waals surface area contributed by atoms with Crippen LogP contribution < -0.4 is 14.8 Å². The number of ether oxygens (including phenoxy) is 3. The van der Waals surface area contributed by atoms with Crippen LogP contribution in [0, 0.1) is 5.92 Å². The molecule has 4 atom stereocenters. The number of rotatable bonds is 11. The summed E-state index contributed by atoms with van der Waals surface area (Å²) in [7, 11) is 1.50. The normalized spacial score (nSPS) is 26.1. The van der Waals surface area contributed by atoms with Gasteiger partial charge in [0.25, 0.3) is 0 Å². The van der Waals surface area contributed by atoms with Crippen LogP contribution in [0.2, 0.25) is 0 Å². The second-order valence-electron chi connectivity index (χ2n) is 11.4. The molecule has 0 aromatic heterocycles. The van der Waals surface area contributed by atoms with Crippen molar-refractivity contribution < 1.29 is 39.1 Å². The molecule has 4 unspecified atom stereocenters. The number of aliphatic hydroxyl groups is 3. The molecule has 2 amide bonds. The van der Waals surface area contributed by atoms with Gasteiger partial charge < -0.3 is 39.7 Å². The zero-order valence-corrected chi connectivity index (χ0v) is 23.8. The molecule has 0 bridgehead atoms. The molecule has 226 valence electrons. The third kappa shape index (κ3) is 6.39. The van der Waals surface area contributed by atoms with Crippen molar-refractivity contribution in [3.8, 4) is 11.5 Å². The third-order valence-corrected chi connectivity index (χ3v) is 8.87. The van der Waals surface area contributed by atoms with Crippen LogP contribution in [0.1, 0.15) is 49.1 Å². The molecule has 0 spiro atoms. The van der Waals surface area contributed by atoms with E-state index < -0.39 is 30.1 Å². The highest BCUT2D eigenvalue weighted by Gasteiger charge is 2.51. The lowest BCUT2D eigenvalue weighted by Crippen LogP contribution is -2.57. The van der Waals surface area contributed by atoms with Gasteiger partial charge >= 0.3 is 0 Å². The molecule has 1 aromatic carbocycles. The van der Waals surface area contributed by atoms with Gasteiger partial charge in [-0.2, -0.15) is 0 Å². The number of methoxy groups -OCH3 is 1. The summed E-state index contributed by atoms with van der Waals surface area (Å²) in [6.45, 7) is 3.49. The van der Waals surface area contributed by atoms with Gasteiger partial charge in [0.05, 0.1) is 45.5 Å². The number of nitrogens with zero attached hydrogens (tertiary/aromatic N) is 2. The highest BCUT2D eigenvalue weighted by molar-refractivity contribution is 5.96. The van der Waals surface area contributed by atoms with Gasteiger partial charge in [0.1, 0.15) is 12.2 Å². The summed E-state index contributed by atoms with van der Waals surface area (Å²) in [4.78, 5) is 31.4. The van der Waals surface area contributed by atoms with Crippen molar-refractivity contribution in [3.63, 3.8) is 0 Å². The fourth-order valence-corrected chi connectivity index (χ4v) is 6.71. The number of nitrogens with one attached hydrogen (secondary N) is 1. The van der Waals surface area contributed by atoms with Crippen LogP contribution in [-0.4, -0.2) is 115 Å². The zero-order chi connectivity index (χ0) is 28.9. The van der Waals surface area contributed by atoms with Crippen LogP contribution in [0.15, 0.2) is 23.8 Å². The Labute approximate surface area is 241 Å². The summed E-state index contributed by atoms with van der Waals surface area (Å²) < 4.78 is 17.4. The Morgan fingerprint density at radius 1 is 1.17 bits per heavy atom. The number of carbonyl (C=O) groups excluding carboxylic acids is 2. The van der Waals surface area contributed by atoms with Gasteiger partial charge in [0.15, 0.2) is 11.5 Å². The van der Waals surface area contributed by atoms with E-state index in [0.717, 1.165) is 38.8 Å². The number of carbonyl (C=O) groups is 2. The van der Waals surface area contributed by atoms with Gasteiger partial charge in [-0.25, -0.2) is 0 Å². The highest BCUT2D eigenvalue weighted by Crippen LogP contribution is 2.51. The van der Waals surface area contributed by atoms with Crippen LogP contribution in [0.5, 0.6) is 11.5 Å². The predicted octanol–water partition coefficient (Wildman–Crippen LogP) is 0.551. The molecule has 11 nitrogen and oxygen atoms in total. The number of amides is 2. The van der Waals surface area contributed by atoms with E-state index in [4.69, 9.17) is 14.2 Å². The summed E-state index contributed by atoms with van der Waals surface area (Å²) in [5.41, 5.74) is 1.59. The van der Waals surface area contributed by atoms with Crippen LogP contribution in [0.3, 0.4) is 0 Å². The minimum Gasteiger partial charge on any atom is -0.493 e. The molecule has 11 heteroatoms. The Hall–Kier alpha value is -2.70. The topological polar surface area (TPSA) is 141 Å². The molecule has 5 rings (SSSR count). The lowest BCUT2D eigenvalue weighted by molar-refractivity contribution is -0.138. The van der Waals surface area contributed by atoms with E-state index in [0.29, 0.717) is 66.8 Å². The first kappa shape index (κ1) is 29.8. The minimum atomic E-state index is -1.11. The SMILES string of the molecule is COc1cc(CO)cc2c1OC1C2C(C(=O)NCCO)=CC(N(CCN2CCOCC2)C(=O)CC2CCCC2)C1O. The van der Waals surface area contributed by atoms with Crippen molar-refractivity contribution in [1.82, 2.24) is 15.1 Å². The Balaban J connectivity index is 1.50. The molecule has 2 fully saturated rings. The quantitative estimate of drug-likeness (QED) is 0.299. The predicted molar refractivity (Wildman–Crippen MR) is 150 cm³/mol. The molecule has 2 aliphatic carbocycles. The number of hydrogen-bond donors (Lipinski definition) is 4. The van der Waals surface area contributed by atoms with Crippen molar-refractivity contribution in [2.75, 3.05) is 59.7 Å². The van der Waals surface area contributed by atoms with Gasteiger partial charge in [-0.1, -0.05) is 12.8 Å². The van der Waals surface area contributed by atoms with Crippen LogP contribution in [0.4, 0.5) is 0 Å². The van der Waals surface area contributed by atoms with Crippen molar-refractivity contribution >= 4 is 11.8 Å². The summed E-state index contributed by atoms with van der Waals surface area (Å²) in [5.74, 6) is 0.0771. The maximum Gasteiger partial charge on any atom is 0.247 e. The molecular weight excluding hydrogens is 530 g/mol. The maximum atomic E-state index is 13.9. The monoisotopic (exact) mass is 573 g/mol. The van der Waals surface area contributed by atoms with Crippen molar-refractivity contribution in [2.24, 2.45) is 5.92 Å². The summed E-state index contributed by atoms with van der Waals surface area (Å²) in [6.07, 6.45) is 4.47. The zero-order valence-electron chi connectivity index (χ0n) is 23.8. The van der Waals surface area contributed by atoms with Gasteiger partial charge in [0, 0.05) is 50.3 Å². The van der Waals surface area contributed by atoms with E-state index in [1.165, 1.54) is 7.11 Å². The van der Waals surface area contributed by atoms with E-state index >= 15 is 0 Å². The minimum absolute atomic E-state index is 0.0327. The molecule has 4 N–H and O–H groups in total. The molecular formula is C30H43N3O8. The molecule has 0 radical (unpaired) electrons. The number of morpholine rings is 1. The maximum absolute atomic E-state index is 13.9. The van der Waals surface area contributed by atoms with Crippen molar-refractivity contribution in [1.29, 1.82) is 0 Å². The number of hydrogen-bond acceptors (Lipinski definition) is 9. The fraction of sp³-hybridized carbons (Fsp3) is 0.667. The summed E-state index contributed by atoms with van der Waals surface area (Å²) in [6, 6.07) is 2.66. The Kier molecular flexibility index (Phi) is 9.82. The average molecular weight is 574 g/mol. The van der Waals surface area contributed by atoms with Crippen LogP contribution >= 0.6 is 0 Å². The molecule has 4 aliphatic rings. The number of benzene rings is 1. The van der Waals surface area contributed by atoms with E-state index in [2.05, 4.69) is 10.2 Å². The molecule has 1 aromatic rings. The lowest BCUT2D eigenvalue weighted by atomic mass is 9.77. The fourth-order valence-electron chi connectivity index (χ4n) is 6.71. The lowest BCUT2D eigenvalue weighted by Gasteiger charge is -2.41. The molecule has 1 saturated carbocycles. The largest absolute Gasteiger partial charge is 0.493 e. The summed E-state index contributed by atoms with van der Waals surface area (Å²) in [5, 5.41) is 33.8. The van der Waals surface area contributed by atoms with Crippen LogP contribution in [0.25, 0.3) is 0 Å². The molecule has 2 aliphatic heterocycles. The summed E-state index contributed by atoms with van der Waals surface area (Å²) >= 11 is 0. The van der Waals surface area contributed by atoms with Gasteiger partial charge in [-0.05, 0) is 42.5 Å². The van der Waals surface area contributed by atoms with Crippen molar-refractivity contribution in [2.45, 2.75) is 62.9 Å². The third-order valence-electron chi connectivity index (χ3n) is 8.87. The first-order valence-electron chi connectivity index (χ1n) is 14.8. The Morgan fingerprint density at radius 2 is 1.93 bits per heavy atom. The molecule has 1 saturated heterocycles. The smallest absolute Gasteiger partial charge is 0.247 e. The second kappa shape index (κ2) is 13.5. The Morgan fingerprint density at radius 3 is 2.61 bits per heavy atom. The molecule has 2 heterocycles. The van der Waals surface area contributed by atoms with E-state index in [-0.39, 0.29) is 25.7 Å². The van der Waals surface area contributed by atoms with Crippen LogP contribution in [-0.2, 0) is 20.9 Å². The van der Waals surface area contributed by atoms with E-state index in [1.807, 2.05) is 0 Å². The number of aliphatic hydroxyl groups excluding tert-OH is 3. The van der Waals surface area contributed by atoms with Gasteiger partial charge in [-0.15, -0.1) is 0 Å². The standard InChI is InChI=1S/C30H43N3O8/c1-39-24-15-20(18-35)14-21-26-22(30(38)31-6-11-34)17-23(27(37)29(26)41-28(21)24)33(8-7-32-9-12-40-13-10-32)25(36)16-19-4-2-3-5-19/h14-15,17,19,23,26-27,29,34-35,37H,2-13,16,18H2,1H3,(H,31,38). The van der Waals surface area contributed by atoms with E-state index in [9.17, 15) is 24.9 Å².